The van der Waals surface area contributed by atoms with Crippen LogP contribution in [0.4, 0.5) is 16.2 Å². The van der Waals surface area contributed by atoms with Gasteiger partial charge in [0.2, 0.25) is 5.15 Å². The second kappa shape index (κ2) is 6.86. The number of aromatic nitrogens is 1. The highest BCUT2D eigenvalue weighted by Gasteiger charge is 2.26. The predicted molar refractivity (Wildman–Crippen MR) is 80.9 cm³/mol. The van der Waals surface area contributed by atoms with Crippen molar-refractivity contribution in [1.82, 2.24) is 4.98 Å². The van der Waals surface area contributed by atoms with Crippen molar-refractivity contribution in [3.63, 3.8) is 0 Å². The molecule has 1 aromatic carbocycles. The zero-order valence-electron chi connectivity index (χ0n) is 11.6. The van der Waals surface area contributed by atoms with E-state index in [0.717, 1.165) is 10.5 Å². The molecule has 0 aliphatic rings. The summed E-state index contributed by atoms with van der Waals surface area (Å²) in [7, 11) is 1.37. The molecule has 2 rings (SSSR count). The predicted octanol–water partition coefficient (Wildman–Crippen LogP) is 3.42. The Balaban J connectivity index is 2.14. The number of rotatable bonds is 4. The molecule has 0 fully saturated rings. The van der Waals surface area contributed by atoms with Crippen molar-refractivity contribution >= 4 is 29.1 Å². The summed E-state index contributed by atoms with van der Waals surface area (Å²) in [5.41, 5.74) is 0.387. The van der Waals surface area contributed by atoms with E-state index < -0.39 is 16.7 Å². The lowest BCUT2D eigenvalue weighted by Crippen LogP contribution is -2.27. The number of hydrogen-bond acceptors (Lipinski definition) is 5. The van der Waals surface area contributed by atoms with Gasteiger partial charge in [-0.1, -0.05) is 41.9 Å². The summed E-state index contributed by atoms with van der Waals surface area (Å²) in [6.07, 6.45) is 0.556. The molecule has 0 saturated carbocycles. The van der Waals surface area contributed by atoms with Gasteiger partial charge < -0.3 is 4.74 Å². The van der Waals surface area contributed by atoms with E-state index in [2.05, 4.69) is 4.98 Å². The van der Waals surface area contributed by atoms with Gasteiger partial charge in [0, 0.05) is 13.2 Å². The Morgan fingerprint density at radius 1 is 1.36 bits per heavy atom. The fraction of sp³-hybridized carbons (Fsp3) is 0.143. The van der Waals surface area contributed by atoms with Crippen LogP contribution in [0.15, 0.2) is 42.6 Å². The number of carbonyl (C=O) groups is 1. The smallest absolute Gasteiger partial charge is 0.414 e. The van der Waals surface area contributed by atoms with Gasteiger partial charge in [-0.3, -0.25) is 15.0 Å². The van der Waals surface area contributed by atoms with Gasteiger partial charge in [0.05, 0.1) is 4.92 Å². The number of benzene rings is 1. The minimum Gasteiger partial charge on any atom is -0.444 e. The number of halogens is 1. The normalized spacial score (nSPS) is 10.1. The van der Waals surface area contributed by atoms with Crippen LogP contribution in [0.1, 0.15) is 5.56 Å². The molecule has 0 radical (unpaired) electrons. The lowest BCUT2D eigenvalue weighted by molar-refractivity contribution is -0.384. The van der Waals surface area contributed by atoms with Crippen molar-refractivity contribution in [3.05, 3.63) is 63.4 Å². The average molecular weight is 322 g/mol. The van der Waals surface area contributed by atoms with E-state index in [9.17, 15) is 14.9 Å². The maximum absolute atomic E-state index is 12.0. The zero-order valence-corrected chi connectivity index (χ0v) is 12.4. The van der Waals surface area contributed by atoms with Crippen molar-refractivity contribution in [1.29, 1.82) is 0 Å². The van der Waals surface area contributed by atoms with E-state index in [0.29, 0.717) is 0 Å². The Labute approximate surface area is 131 Å². The van der Waals surface area contributed by atoms with Crippen LogP contribution in [0.3, 0.4) is 0 Å². The van der Waals surface area contributed by atoms with Crippen LogP contribution >= 0.6 is 11.6 Å². The van der Waals surface area contributed by atoms with Crippen LogP contribution in [-0.4, -0.2) is 23.0 Å². The number of amides is 1. The number of nitrogens with zero attached hydrogens (tertiary/aromatic N) is 3. The van der Waals surface area contributed by atoms with Crippen molar-refractivity contribution in [2.45, 2.75) is 6.61 Å². The van der Waals surface area contributed by atoms with Crippen LogP contribution in [0, 0.1) is 10.1 Å². The molecule has 0 aliphatic heterocycles. The monoisotopic (exact) mass is 321 g/mol. The minimum atomic E-state index is -0.728. The molecule has 0 spiro atoms. The highest BCUT2D eigenvalue weighted by Crippen LogP contribution is 2.32. The topological polar surface area (TPSA) is 85.6 Å². The maximum Gasteiger partial charge on any atom is 0.414 e. The van der Waals surface area contributed by atoms with E-state index in [4.69, 9.17) is 16.3 Å². The molecule has 22 heavy (non-hydrogen) atoms. The lowest BCUT2D eigenvalue weighted by atomic mass is 10.2. The standard InChI is InChI=1S/C14H12ClN3O4/c1-17(11-7-8-16-13(15)12(11)18(20)21)14(19)22-9-10-5-3-2-4-6-10/h2-8H,9H2,1H3. The molecule has 114 valence electrons. The Bertz CT molecular complexity index is 694. The maximum atomic E-state index is 12.0. The Morgan fingerprint density at radius 2 is 2.05 bits per heavy atom. The molecular weight excluding hydrogens is 310 g/mol. The molecule has 1 heterocycles. The first-order valence-corrected chi connectivity index (χ1v) is 6.62. The van der Waals surface area contributed by atoms with Crippen LogP contribution < -0.4 is 4.90 Å². The van der Waals surface area contributed by atoms with Crippen molar-refractivity contribution in [2.24, 2.45) is 0 Å². The Hall–Kier alpha value is -2.67. The second-order valence-electron chi connectivity index (χ2n) is 4.33. The van der Waals surface area contributed by atoms with Gasteiger partial charge in [-0.2, -0.15) is 0 Å². The van der Waals surface area contributed by atoms with Gasteiger partial charge in [0.25, 0.3) is 0 Å². The fourth-order valence-electron chi connectivity index (χ4n) is 1.77. The van der Waals surface area contributed by atoms with Gasteiger partial charge in [-0.15, -0.1) is 0 Å². The molecule has 8 heteroatoms. The molecule has 2 aromatic rings. The third kappa shape index (κ3) is 3.50. The Morgan fingerprint density at radius 3 is 2.68 bits per heavy atom. The van der Waals surface area contributed by atoms with Crippen LogP contribution in [-0.2, 0) is 11.3 Å². The number of anilines is 1. The van der Waals surface area contributed by atoms with E-state index in [-0.39, 0.29) is 17.4 Å². The van der Waals surface area contributed by atoms with Crippen LogP contribution in [0.5, 0.6) is 0 Å². The molecule has 0 N–H and O–H groups in total. The molecule has 1 aromatic heterocycles. The quantitative estimate of drug-likeness (QED) is 0.489. The van der Waals surface area contributed by atoms with E-state index in [1.165, 1.54) is 19.3 Å². The van der Waals surface area contributed by atoms with Gasteiger partial charge >= 0.3 is 11.8 Å². The third-order valence-corrected chi connectivity index (χ3v) is 3.16. The third-order valence-electron chi connectivity index (χ3n) is 2.88. The van der Waals surface area contributed by atoms with Gasteiger partial charge in [0.1, 0.15) is 12.3 Å². The highest BCUT2D eigenvalue weighted by atomic mass is 35.5. The van der Waals surface area contributed by atoms with Crippen molar-refractivity contribution < 1.29 is 14.5 Å². The minimum absolute atomic E-state index is 0.0167. The fourth-order valence-corrected chi connectivity index (χ4v) is 2.00. The summed E-state index contributed by atoms with van der Waals surface area (Å²) >= 11 is 5.71. The van der Waals surface area contributed by atoms with E-state index in [1.807, 2.05) is 18.2 Å². The lowest BCUT2D eigenvalue weighted by Gasteiger charge is -2.17. The number of ether oxygens (including phenoxy) is 1. The number of nitro groups is 1. The largest absolute Gasteiger partial charge is 0.444 e. The molecule has 0 atom stereocenters. The summed E-state index contributed by atoms with van der Waals surface area (Å²) in [4.78, 5) is 27.0. The zero-order chi connectivity index (χ0) is 16.1. The summed E-state index contributed by atoms with van der Waals surface area (Å²) in [5.74, 6) is 0. The van der Waals surface area contributed by atoms with E-state index in [1.54, 1.807) is 12.1 Å². The number of pyridine rings is 1. The first-order chi connectivity index (χ1) is 10.5. The van der Waals surface area contributed by atoms with Gasteiger partial charge in [-0.05, 0) is 11.6 Å². The Kier molecular flexibility index (Phi) is 4.90. The molecule has 0 saturated heterocycles. The average Bonchev–Trinajstić information content (AvgIpc) is 2.52. The number of hydrogen-bond donors (Lipinski definition) is 0. The van der Waals surface area contributed by atoms with Crippen LogP contribution in [0.2, 0.25) is 5.15 Å². The molecule has 0 aliphatic carbocycles. The van der Waals surface area contributed by atoms with Crippen molar-refractivity contribution in [2.75, 3.05) is 11.9 Å². The SMILES string of the molecule is CN(C(=O)OCc1ccccc1)c1ccnc(Cl)c1[N+](=O)[O-]. The molecule has 1 amide bonds. The molecular formula is C14H12ClN3O4. The molecule has 0 unspecified atom stereocenters. The summed E-state index contributed by atoms with van der Waals surface area (Å²) in [6, 6.07) is 10.4. The second-order valence-corrected chi connectivity index (χ2v) is 4.68. The highest BCUT2D eigenvalue weighted by molar-refractivity contribution is 6.32. The van der Waals surface area contributed by atoms with E-state index >= 15 is 0 Å². The first kappa shape index (κ1) is 15.7. The summed E-state index contributed by atoms with van der Waals surface area (Å²) < 4.78 is 5.12. The van der Waals surface area contributed by atoms with Crippen LogP contribution in [0.25, 0.3) is 0 Å². The van der Waals surface area contributed by atoms with Crippen molar-refractivity contribution in [3.8, 4) is 0 Å². The first-order valence-electron chi connectivity index (χ1n) is 6.24. The summed E-state index contributed by atoms with van der Waals surface area (Å²) in [6.45, 7) is 0.0661. The van der Waals surface area contributed by atoms with Gasteiger partial charge in [-0.25, -0.2) is 9.78 Å². The summed E-state index contributed by atoms with van der Waals surface area (Å²) in [5, 5.41) is 10.8. The molecule has 7 nitrogen and oxygen atoms in total. The number of carbonyl (C=O) groups excluding carboxylic acids is 1. The molecule has 0 bridgehead atoms. The van der Waals surface area contributed by atoms with Gasteiger partial charge in [0.15, 0.2) is 0 Å².